The summed E-state index contributed by atoms with van der Waals surface area (Å²) in [6, 6.07) is 17.9. The molecule has 0 spiro atoms. The van der Waals surface area contributed by atoms with E-state index < -0.39 is 11.7 Å². The van der Waals surface area contributed by atoms with Crippen molar-refractivity contribution in [3.05, 3.63) is 100 Å². The van der Waals surface area contributed by atoms with Crippen molar-refractivity contribution in [1.29, 1.82) is 0 Å². The molecule has 0 unspecified atom stereocenters. The Morgan fingerprint density at radius 2 is 1.73 bits per heavy atom. The van der Waals surface area contributed by atoms with Gasteiger partial charge in [-0.25, -0.2) is 4.39 Å². The van der Waals surface area contributed by atoms with Crippen LogP contribution in [0.1, 0.15) is 16.1 Å². The minimum Gasteiger partial charge on any atom is -0.345 e. The van der Waals surface area contributed by atoms with Crippen molar-refractivity contribution in [2.45, 2.75) is 6.54 Å². The number of fused-ring (bicyclic) bond motifs is 1. The number of amides is 1. The molecule has 0 atom stereocenters. The molecule has 150 valence electrons. The zero-order valence-electron chi connectivity index (χ0n) is 15.5. The summed E-state index contributed by atoms with van der Waals surface area (Å²) in [6.07, 6.45) is 1.71. The van der Waals surface area contributed by atoms with E-state index >= 15 is 0 Å². The Morgan fingerprint density at radius 1 is 0.967 bits per heavy atom. The largest absolute Gasteiger partial charge is 0.345 e. The van der Waals surface area contributed by atoms with Gasteiger partial charge < -0.3 is 9.72 Å². The molecule has 2 aromatic carbocycles. The molecule has 4 nitrogen and oxygen atoms in total. The summed E-state index contributed by atoms with van der Waals surface area (Å²) in [7, 11) is 0. The molecule has 0 saturated carbocycles. The average molecular weight is 441 g/mol. The molecule has 1 amide bonds. The van der Waals surface area contributed by atoms with Crippen LogP contribution in [-0.4, -0.2) is 16.1 Å². The van der Waals surface area contributed by atoms with Gasteiger partial charge in [0.05, 0.1) is 0 Å². The second-order valence-corrected chi connectivity index (χ2v) is 7.50. The first-order valence-corrected chi connectivity index (χ1v) is 9.82. The van der Waals surface area contributed by atoms with Crippen LogP contribution >= 0.6 is 23.2 Å². The number of Topliss-reactive ketones (excluding diaryl/α,β-unsaturated/α-hetero) is 1. The van der Waals surface area contributed by atoms with Gasteiger partial charge in [-0.15, -0.1) is 0 Å². The van der Waals surface area contributed by atoms with Gasteiger partial charge in [-0.1, -0.05) is 47.5 Å². The summed E-state index contributed by atoms with van der Waals surface area (Å²) in [4.78, 5) is 25.8. The summed E-state index contributed by atoms with van der Waals surface area (Å²) in [6.45, 7) is 0.0791. The smallest absolute Gasteiger partial charge is 0.294 e. The van der Waals surface area contributed by atoms with Crippen molar-refractivity contribution in [3.63, 3.8) is 0 Å². The normalized spacial score (nSPS) is 10.9. The van der Waals surface area contributed by atoms with Crippen LogP contribution in [-0.2, 0) is 11.3 Å². The van der Waals surface area contributed by atoms with Gasteiger partial charge in [0.25, 0.3) is 11.7 Å². The standard InChI is InChI=1S/C23H15Cl2FN2O2/c24-16-7-4-15(20(25)11-16)13-27-23(30)22(29)21-19(14-5-8-17(26)9-6-14)12-18-3-1-2-10-28(18)21/h1-12H,13H2,(H,27,30). The van der Waals surface area contributed by atoms with Crippen LogP contribution in [0.3, 0.4) is 0 Å². The van der Waals surface area contributed by atoms with Crippen molar-refractivity contribution < 1.29 is 14.0 Å². The van der Waals surface area contributed by atoms with Crippen molar-refractivity contribution in [2.24, 2.45) is 0 Å². The van der Waals surface area contributed by atoms with E-state index in [0.717, 1.165) is 5.52 Å². The topological polar surface area (TPSA) is 50.6 Å². The van der Waals surface area contributed by atoms with Gasteiger partial charge in [-0.05, 0) is 53.6 Å². The van der Waals surface area contributed by atoms with Gasteiger partial charge >= 0.3 is 0 Å². The fraction of sp³-hybridized carbons (Fsp3) is 0.0435. The Bertz CT molecular complexity index is 1270. The quantitative estimate of drug-likeness (QED) is 0.326. The van der Waals surface area contributed by atoms with Crippen molar-refractivity contribution in [2.75, 3.05) is 0 Å². The van der Waals surface area contributed by atoms with Gasteiger partial charge in [0, 0.05) is 33.9 Å². The molecule has 4 rings (SSSR count). The number of nitrogens with one attached hydrogen (secondary N) is 1. The summed E-state index contributed by atoms with van der Waals surface area (Å²) in [5, 5.41) is 3.49. The first-order chi connectivity index (χ1) is 14.4. The van der Waals surface area contributed by atoms with Crippen molar-refractivity contribution in [1.82, 2.24) is 9.72 Å². The maximum atomic E-state index is 13.4. The second kappa shape index (κ2) is 8.30. The minimum absolute atomic E-state index is 0.0791. The molecule has 0 aliphatic carbocycles. The fourth-order valence-electron chi connectivity index (χ4n) is 3.23. The number of aromatic nitrogens is 1. The molecule has 7 heteroatoms. The fourth-order valence-corrected chi connectivity index (χ4v) is 3.71. The Balaban J connectivity index is 1.67. The number of benzene rings is 2. The summed E-state index contributed by atoms with van der Waals surface area (Å²) in [5.74, 6) is -1.85. The summed E-state index contributed by atoms with van der Waals surface area (Å²) < 4.78 is 15.0. The van der Waals surface area contributed by atoms with E-state index in [9.17, 15) is 14.0 Å². The van der Waals surface area contributed by atoms with E-state index in [0.29, 0.717) is 26.7 Å². The number of carbonyl (C=O) groups is 2. The average Bonchev–Trinajstić information content (AvgIpc) is 3.12. The third-order valence-corrected chi connectivity index (χ3v) is 5.30. The van der Waals surface area contributed by atoms with Gasteiger partial charge in [0.15, 0.2) is 0 Å². The Labute approximate surface area is 181 Å². The minimum atomic E-state index is -0.770. The molecule has 30 heavy (non-hydrogen) atoms. The van der Waals surface area contributed by atoms with E-state index in [1.54, 1.807) is 53.1 Å². The van der Waals surface area contributed by atoms with Crippen LogP contribution < -0.4 is 5.32 Å². The van der Waals surface area contributed by atoms with E-state index in [1.807, 2.05) is 12.1 Å². The number of hydrogen-bond donors (Lipinski definition) is 1. The predicted molar refractivity (Wildman–Crippen MR) is 115 cm³/mol. The first kappa shape index (κ1) is 20.1. The third-order valence-electron chi connectivity index (χ3n) is 4.71. The van der Waals surface area contributed by atoms with Crippen LogP contribution in [0.15, 0.2) is 72.9 Å². The SMILES string of the molecule is O=C(NCc1ccc(Cl)cc1Cl)C(=O)c1c(-c2ccc(F)cc2)cc2ccccn12. The van der Waals surface area contributed by atoms with E-state index in [2.05, 4.69) is 5.32 Å². The van der Waals surface area contributed by atoms with Gasteiger partial charge in [0.2, 0.25) is 0 Å². The zero-order valence-corrected chi connectivity index (χ0v) is 17.0. The number of nitrogens with zero attached hydrogens (tertiary/aromatic N) is 1. The first-order valence-electron chi connectivity index (χ1n) is 9.06. The van der Waals surface area contributed by atoms with Gasteiger partial charge in [0.1, 0.15) is 11.5 Å². The maximum absolute atomic E-state index is 13.4. The lowest BCUT2D eigenvalue weighted by molar-refractivity contribution is -0.117. The number of ketones is 1. The molecule has 0 radical (unpaired) electrons. The lowest BCUT2D eigenvalue weighted by atomic mass is 10.0. The Hall–Kier alpha value is -3.15. The molecule has 1 N–H and O–H groups in total. The van der Waals surface area contributed by atoms with E-state index in [1.165, 1.54) is 12.1 Å². The lowest BCUT2D eigenvalue weighted by Gasteiger charge is -2.09. The van der Waals surface area contributed by atoms with Crippen LogP contribution in [0, 0.1) is 5.82 Å². The number of halogens is 3. The number of carbonyl (C=O) groups excluding carboxylic acids is 2. The molecular formula is C23H15Cl2FN2O2. The lowest BCUT2D eigenvalue weighted by Crippen LogP contribution is -2.31. The van der Waals surface area contributed by atoms with Crippen LogP contribution in [0.4, 0.5) is 4.39 Å². The van der Waals surface area contributed by atoms with Crippen LogP contribution in [0.25, 0.3) is 16.6 Å². The van der Waals surface area contributed by atoms with Crippen LogP contribution in [0.5, 0.6) is 0 Å². The second-order valence-electron chi connectivity index (χ2n) is 6.66. The van der Waals surface area contributed by atoms with Crippen molar-refractivity contribution >= 4 is 40.4 Å². The maximum Gasteiger partial charge on any atom is 0.294 e. The zero-order chi connectivity index (χ0) is 21.3. The molecule has 4 aromatic rings. The molecule has 0 aliphatic heterocycles. The molecular weight excluding hydrogens is 426 g/mol. The van der Waals surface area contributed by atoms with Crippen LogP contribution in [0.2, 0.25) is 10.0 Å². The van der Waals surface area contributed by atoms with Gasteiger partial charge in [-0.2, -0.15) is 0 Å². The highest BCUT2D eigenvalue weighted by Crippen LogP contribution is 2.28. The summed E-state index contributed by atoms with van der Waals surface area (Å²) in [5.41, 5.74) is 2.77. The monoisotopic (exact) mass is 440 g/mol. The third kappa shape index (κ3) is 3.95. The molecule has 0 aliphatic rings. The van der Waals surface area contributed by atoms with E-state index in [4.69, 9.17) is 23.2 Å². The van der Waals surface area contributed by atoms with E-state index in [-0.39, 0.29) is 18.1 Å². The summed E-state index contributed by atoms with van der Waals surface area (Å²) >= 11 is 12.0. The number of hydrogen-bond acceptors (Lipinski definition) is 2. The number of pyridine rings is 1. The highest BCUT2D eigenvalue weighted by atomic mass is 35.5. The Morgan fingerprint density at radius 3 is 2.47 bits per heavy atom. The van der Waals surface area contributed by atoms with Crippen molar-refractivity contribution in [3.8, 4) is 11.1 Å². The molecule has 2 heterocycles. The Kier molecular flexibility index (Phi) is 5.57. The molecule has 2 aromatic heterocycles. The highest BCUT2D eigenvalue weighted by molar-refractivity contribution is 6.43. The highest BCUT2D eigenvalue weighted by Gasteiger charge is 2.24. The molecule has 0 saturated heterocycles. The number of rotatable bonds is 5. The predicted octanol–water partition coefficient (Wildman–Crippen LogP) is 5.55. The molecule has 0 bridgehead atoms. The molecule has 0 fully saturated rings. The van der Waals surface area contributed by atoms with Gasteiger partial charge in [-0.3, -0.25) is 9.59 Å².